The van der Waals surface area contributed by atoms with Crippen LogP contribution in [-0.2, 0) is 18.9 Å². The highest BCUT2D eigenvalue weighted by Gasteiger charge is 2.21. The van der Waals surface area contributed by atoms with Crippen molar-refractivity contribution in [2.45, 2.75) is 119 Å². The summed E-state index contributed by atoms with van der Waals surface area (Å²) < 4.78 is 20.3. The van der Waals surface area contributed by atoms with E-state index >= 15 is 0 Å². The number of hydrogen-bond donors (Lipinski definition) is 9. The molecule has 0 bridgehead atoms. The first kappa shape index (κ1) is 77.1. The molecule has 0 unspecified atom stereocenters. The highest BCUT2D eigenvalue weighted by Crippen LogP contribution is 2.14. The van der Waals surface area contributed by atoms with E-state index in [1.54, 1.807) is 30.9 Å². The average Bonchev–Trinajstić information content (AvgIpc) is 4.09. The summed E-state index contributed by atoms with van der Waals surface area (Å²) in [6, 6.07) is 0. The summed E-state index contributed by atoms with van der Waals surface area (Å²) >= 11 is 18.8. The molecular formula is C44H102N10O8S5. The lowest BCUT2D eigenvalue weighted by molar-refractivity contribution is 0.0278. The zero-order valence-corrected chi connectivity index (χ0v) is 49.6. The Labute approximate surface area is 435 Å². The second-order valence-corrected chi connectivity index (χ2v) is 21.6. The molecule has 406 valence electrons. The van der Waals surface area contributed by atoms with Crippen LogP contribution in [0.1, 0.15) is 96.4 Å². The van der Waals surface area contributed by atoms with Crippen molar-refractivity contribution >= 4 is 86.7 Å². The van der Waals surface area contributed by atoms with Gasteiger partial charge in [0.25, 0.3) is 0 Å². The third-order valence-corrected chi connectivity index (χ3v) is 8.25. The lowest BCUT2D eigenvalue weighted by atomic mass is 10.2. The molecule has 0 atom stereocenters. The summed E-state index contributed by atoms with van der Waals surface area (Å²) in [5.41, 5.74) is 3.63. The highest BCUT2D eigenvalue weighted by atomic mass is 32.2. The van der Waals surface area contributed by atoms with E-state index in [0.29, 0.717) is 19.6 Å². The van der Waals surface area contributed by atoms with Crippen molar-refractivity contribution in [1.82, 2.24) is 35.1 Å². The van der Waals surface area contributed by atoms with Crippen LogP contribution >= 0.6 is 62.3 Å². The van der Waals surface area contributed by atoms with Gasteiger partial charge in [-0.25, -0.2) is 19.2 Å². The summed E-state index contributed by atoms with van der Waals surface area (Å²) in [6.07, 6.45) is -0.283. The number of thioether (sulfide) groups is 1. The van der Waals surface area contributed by atoms with Crippen molar-refractivity contribution in [3.05, 3.63) is 0 Å². The summed E-state index contributed by atoms with van der Waals surface area (Å²) in [5.74, 6) is 14.3. The van der Waals surface area contributed by atoms with Crippen LogP contribution in [0.3, 0.4) is 0 Å². The SMILES string of the molecule is C1CS1.CCCN(C)C(=O)OC(C)(C)C.CN(CCN(CCS)CCS)C(=O)OC(C)(C)C.CN(CCN)C(=O)OC(C)(C)C.CNC(=O)OC(C)(C)C.CNCCN(CCS)CCS.NN. The molecule has 8 N–H and O–H groups in total. The van der Waals surface area contributed by atoms with Crippen LogP contribution in [0.15, 0.2) is 0 Å². The van der Waals surface area contributed by atoms with Crippen molar-refractivity contribution in [3.8, 4) is 0 Å². The minimum absolute atomic E-state index is 0.246. The first-order chi connectivity index (χ1) is 30.8. The quantitative estimate of drug-likeness (QED) is 0.0247. The second kappa shape index (κ2) is 46.9. The lowest BCUT2D eigenvalue weighted by Gasteiger charge is -2.27. The van der Waals surface area contributed by atoms with E-state index in [9.17, 15) is 19.2 Å². The van der Waals surface area contributed by atoms with Gasteiger partial charge < -0.3 is 54.9 Å². The van der Waals surface area contributed by atoms with Crippen LogP contribution in [0.5, 0.6) is 0 Å². The summed E-state index contributed by atoms with van der Waals surface area (Å²) in [5, 5.41) is 5.48. The summed E-state index contributed by atoms with van der Waals surface area (Å²) in [6.45, 7) is 33.5. The van der Waals surface area contributed by atoms with Crippen LogP contribution in [0.4, 0.5) is 19.2 Å². The van der Waals surface area contributed by atoms with E-state index in [0.717, 1.165) is 81.8 Å². The van der Waals surface area contributed by atoms with Gasteiger partial charge in [-0.3, -0.25) is 16.6 Å². The number of ether oxygens (including phenoxy) is 4. The Bertz CT molecular complexity index is 1130. The molecule has 18 nitrogen and oxygen atoms in total. The van der Waals surface area contributed by atoms with Gasteiger partial charge in [0.05, 0.1) is 0 Å². The number of thiol groups is 4. The molecule has 1 aliphatic rings. The molecule has 1 saturated heterocycles. The molecule has 0 aromatic rings. The Hall–Kier alpha value is -1.41. The zero-order valence-electron chi connectivity index (χ0n) is 45.2. The van der Waals surface area contributed by atoms with E-state index in [4.69, 9.17) is 24.7 Å². The van der Waals surface area contributed by atoms with Gasteiger partial charge in [0.15, 0.2) is 0 Å². The van der Waals surface area contributed by atoms with E-state index in [1.165, 1.54) is 23.5 Å². The second-order valence-electron chi connectivity index (χ2n) is 18.5. The molecule has 1 rings (SSSR count). The molecule has 0 aromatic carbocycles. The van der Waals surface area contributed by atoms with Crippen molar-refractivity contribution in [2.75, 3.05) is 142 Å². The van der Waals surface area contributed by atoms with E-state index in [1.807, 2.05) is 109 Å². The topological polar surface area (TPSA) is 224 Å². The number of hydrogen-bond acceptors (Lipinski definition) is 19. The minimum atomic E-state index is -0.443. The van der Waals surface area contributed by atoms with Gasteiger partial charge in [0.1, 0.15) is 22.4 Å². The van der Waals surface area contributed by atoms with Gasteiger partial charge in [-0.05, 0) is 96.6 Å². The van der Waals surface area contributed by atoms with Gasteiger partial charge in [0.2, 0.25) is 0 Å². The molecule has 67 heavy (non-hydrogen) atoms. The van der Waals surface area contributed by atoms with E-state index in [-0.39, 0.29) is 35.6 Å². The van der Waals surface area contributed by atoms with Crippen molar-refractivity contribution in [3.63, 3.8) is 0 Å². The van der Waals surface area contributed by atoms with Crippen LogP contribution in [0.25, 0.3) is 0 Å². The fraction of sp³-hybridized carbons (Fsp3) is 0.909. The summed E-state index contributed by atoms with van der Waals surface area (Å²) in [7, 11) is 8.68. The van der Waals surface area contributed by atoms with Crippen molar-refractivity contribution in [2.24, 2.45) is 17.4 Å². The Balaban J connectivity index is -0.000000172. The number of nitrogens with two attached hydrogens (primary N) is 3. The predicted octanol–water partition coefficient (Wildman–Crippen LogP) is 6.15. The molecule has 0 spiro atoms. The molecule has 1 aliphatic heterocycles. The molecule has 0 saturated carbocycles. The van der Waals surface area contributed by atoms with Crippen LogP contribution in [0.2, 0.25) is 0 Å². The molecule has 1 heterocycles. The number of rotatable bonds is 18. The number of amides is 4. The molecule has 23 heteroatoms. The average molecular weight is 1060 g/mol. The zero-order chi connectivity index (χ0) is 53.9. The van der Waals surface area contributed by atoms with Crippen LogP contribution < -0.4 is 28.1 Å². The van der Waals surface area contributed by atoms with Gasteiger partial charge in [0, 0.05) is 135 Å². The lowest BCUT2D eigenvalue weighted by Crippen LogP contribution is -2.40. The molecular weight excluding hydrogens is 957 g/mol. The molecule has 4 amide bonds. The molecule has 0 aromatic heterocycles. The number of nitrogens with zero attached hydrogens (tertiary/aromatic N) is 5. The molecule has 0 radical (unpaired) electrons. The third-order valence-electron chi connectivity index (χ3n) is 7.04. The number of carbonyl (C=O) groups is 4. The van der Waals surface area contributed by atoms with Gasteiger partial charge in [-0.2, -0.15) is 62.3 Å². The normalized spacial score (nSPS) is 11.5. The van der Waals surface area contributed by atoms with Crippen LogP contribution in [-0.4, -0.2) is 213 Å². The first-order valence-electron chi connectivity index (χ1n) is 22.7. The maximum atomic E-state index is 11.7. The van der Waals surface area contributed by atoms with Gasteiger partial charge in [-0.15, -0.1) is 0 Å². The fourth-order valence-corrected chi connectivity index (χ4v) is 5.08. The smallest absolute Gasteiger partial charge is 0.410 e. The third kappa shape index (κ3) is 68.9. The standard InChI is InChI=1S/C12H26N2O2S2.C9H19NO2.C8H18N2O2.C7H18N2S2.C6H13NO2.C2H4S.H4N2/c1-12(2,3)16-11(15)13(4)5-6-14(7-9-17)8-10-18;1-6-7-10(5)8(11)12-9(2,3)4;1-8(2,3)12-7(11)10(4)6-5-9;1-8-2-3-9(4-6-10)5-7-11;1-6(2,3)9-5(8)7-4;1-2-3-1;1-2/h17-18H,5-10H2,1-4H3;6-7H2,1-5H3;5-6,9H2,1-4H3;8,10-11H,2-7H2,1H3;1-4H3,(H,7,8);1-2H2;1-2H2. The number of hydrazine groups is 1. The Morgan fingerprint density at radius 3 is 1.04 bits per heavy atom. The van der Waals surface area contributed by atoms with Crippen LogP contribution in [0, 0.1) is 0 Å². The Morgan fingerprint density at radius 1 is 0.522 bits per heavy atom. The largest absolute Gasteiger partial charge is 0.444 e. The fourth-order valence-electron chi connectivity index (χ4n) is 3.95. The Kier molecular flexibility index (Phi) is 54.0. The monoisotopic (exact) mass is 1060 g/mol. The highest BCUT2D eigenvalue weighted by molar-refractivity contribution is 8.06. The maximum Gasteiger partial charge on any atom is 0.410 e. The van der Waals surface area contributed by atoms with Gasteiger partial charge in [-0.1, -0.05) is 6.92 Å². The first-order valence-corrected chi connectivity index (χ1v) is 26.4. The summed E-state index contributed by atoms with van der Waals surface area (Å²) in [4.78, 5) is 53.9. The maximum absolute atomic E-state index is 11.7. The van der Waals surface area contributed by atoms with Gasteiger partial charge >= 0.3 is 24.4 Å². The van der Waals surface area contributed by atoms with E-state index < -0.39 is 11.2 Å². The number of carbonyl (C=O) groups excluding carboxylic acids is 4. The number of alkyl carbamates (subject to hydrolysis) is 1. The molecule has 1 fully saturated rings. The molecule has 0 aliphatic carbocycles. The Morgan fingerprint density at radius 2 is 0.821 bits per heavy atom. The van der Waals surface area contributed by atoms with Crippen molar-refractivity contribution in [1.29, 1.82) is 0 Å². The minimum Gasteiger partial charge on any atom is -0.444 e. The number of nitrogens with one attached hydrogen (secondary N) is 2. The number of likely N-dealkylation sites (N-methyl/N-ethyl adjacent to an activating group) is 3. The van der Waals surface area contributed by atoms with E-state index in [2.05, 4.69) is 82.6 Å². The predicted molar refractivity (Wildman–Crippen MR) is 299 cm³/mol. The van der Waals surface area contributed by atoms with Crippen molar-refractivity contribution < 1.29 is 38.1 Å².